The highest BCUT2D eigenvalue weighted by atomic mass is 16.5. The van der Waals surface area contributed by atoms with E-state index in [-0.39, 0.29) is 24.4 Å². The van der Waals surface area contributed by atoms with Crippen LogP contribution in [0.25, 0.3) is 0 Å². The van der Waals surface area contributed by atoms with Gasteiger partial charge in [-0.3, -0.25) is 9.59 Å². The molecular formula is C28H46N6O5. The first-order valence-corrected chi connectivity index (χ1v) is 14.6. The van der Waals surface area contributed by atoms with Crippen LogP contribution < -0.4 is 10.6 Å². The smallest absolute Gasteiger partial charge is 0.435 e. The van der Waals surface area contributed by atoms with Crippen molar-refractivity contribution in [3.63, 3.8) is 0 Å². The lowest BCUT2D eigenvalue weighted by molar-refractivity contribution is -0.149. The third-order valence-electron chi connectivity index (χ3n) is 8.22. The molecule has 2 amide bonds. The van der Waals surface area contributed by atoms with E-state index in [1.54, 1.807) is 6.92 Å². The Morgan fingerprint density at radius 2 is 1.77 bits per heavy atom. The number of nitriles is 1. The Morgan fingerprint density at radius 1 is 1.08 bits per heavy atom. The van der Waals surface area contributed by atoms with Gasteiger partial charge in [-0.15, -0.1) is 0 Å². The fourth-order valence-corrected chi connectivity index (χ4v) is 5.68. The Kier molecular flexibility index (Phi) is 12.5. The second-order valence-corrected chi connectivity index (χ2v) is 11.2. The van der Waals surface area contributed by atoms with Gasteiger partial charge in [0.05, 0.1) is 31.0 Å². The molecule has 2 heterocycles. The van der Waals surface area contributed by atoms with Crippen molar-refractivity contribution in [1.29, 1.82) is 5.26 Å². The van der Waals surface area contributed by atoms with Gasteiger partial charge in [-0.25, -0.2) is 4.79 Å². The molecule has 39 heavy (non-hydrogen) atoms. The number of piperidine rings is 2. The van der Waals surface area contributed by atoms with Gasteiger partial charge >= 0.3 is 12.1 Å². The maximum absolute atomic E-state index is 13.3. The van der Waals surface area contributed by atoms with E-state index in [1.807, 2.05) is 11.9 Å². The normalized spacial score (nSPS) is 21.7. The summed E-state index contributed by atoms with van der Waals surface area (Å²) in [7, 11) is 2.02. The first-order chi connectivity index (χ1) is 18.8. The number of esters is 1. The molecule has 218 valence electrons. The van der Waals surface area contributed by atoms with Gasteiger partial charge in [-0.2, -0.15) is 10.3 Å². The zero-order valence-electron chi connectivity index (χ0n) is 23.7. The molecule has 0 spiro atoms. The molecule has 0 bridgehead atoms. The minimum atomic E-state index is -0.831. The van der Waals surface area contributed by atoms with Crippen LogP contribution >= 0.6 is 0 Å². The van der Waals surface area contributed by atoms with Crippen LogP contribution in [0.15, 0.2) is 4.99 Å². The average molecular weight is 547 g/mol. The van der Waals surface area contributed by atoms with Gasteiger partial charge in [0, 0.05) is 32.7 Å². The Hall–Kier alpha value is -2.71. The number of likely N-dealkylation sites (tertiary alicyclic amines) is 2. The molecule has 1 atom stereocenters. The molecule has 0 aromatic heterocycles. The number of nitrogens with zero attached hydrogens (tertiary/aromatic N) is 4. The van der Waals surface area contributed by atoms with Crippen LogP contribution in [0.1, 0.15) is 71.1 Å². The molecule has 11 heteroatoms. The number of hydrogen-bond acceptors (Lipinski definition) is 8. The number of aliphatic imine (C=N–C) groups is 1. The number of rotatable bonds is 11. The Bertz CT molecular complexity index is 868. The number of carbonyl (C=O) groups is 3. The standard InChI is InChI=1S/C28H46N6O5/c1-3-38-26(36)23-9-14-34(15-10-23)21-31-27(37)39-18-13-30-24(19-22-7-5-4-6-8-22)25(35)32-28(20-29)11-16-33(2)17-12-28/h21-24,30H,3-19H2,1-2H3,(H,32,35). The summed E-state index contributed by atoms with van der Waals surface area (Å²) in [4.78, 5) is 45.3. The van der Waals surface area contributed by atoms with Crippen molar-refractivity contribution < 1.29 is 23.9 Å². The number of carbonyl (C=O) groups excluding carboxylic acids is 3. The highest BCUT2D eigenvalue weighted by Crippen LogP contribution is 2.28. The molecule has 0 radical (unpaired) electrons. The van der Waals surface area contributed by atoms with Crippen LogP contribution in [0, 0.1) is 23.2 Å². The number of nitrogens with one attached hydrogen (secondary N) is 2. The van der Waals surface area contributed by atoms with E-state index in [0.717, 1.165) is 25.9 Å². The Morgan fingerprint density at radius 3 is 2.41 bits per heavy atom. The quantitative estimate of drug-likeness (QED) is 0.173. The van der Waals surface area contributed by atoms with Crippen LogP contribution in [0.2, 0.25) is 0 Å². The van der Waals surface area contributed by atoms with E-state index in [4.69, 9.17) is 9.47 Å². The molecule has 2 saturated heterocycles. The molecule has 0 aromatic carbocycles. The number of ether oxygens (including phenoxy) is 2. The number of hydrogen-bond donors (Lipinski definition) is 2. The lowest BCUT2D eigenvalue weighted by atomic mass is 9.84. The Labute approximate surface area is 232 Å². The second kappa shape index (κ2) is 15.8. The summed E-state index contributed by atoms with van der Waals surface area (Å²) in [6.07, 6.45) is 9.87. The van der Waals surface area contributed by atoms with Crippen LogP contribution in [0.3, 0.4) is 0 Å². The van der Waals surface area contributed by atoms with E-state index < -0.39 is 17.7 Å². The Balaban J connectivity index is 1.44. The molecule has 2 N–H and O–H groups in total. The van der Waals surface area contributed by atoms with Crippen molar-refractivity contribution in [2.24, 2.45) is 16.8 Å². The predicted molar refractivity (Wildman–Crippen MR) is 147 cm³/mol. The van der Waals surface area contributed by atoms with Crippen molar-refractivity contribution in [3.05, 3.63) is 0 Å². The molecule has 2 aliphatic heterocycles. The molecule has 0 aromatic rings. The first-order valence-electron chi connectivity index (χ1n) is 14.6. The SMILES string of the molecule is CCOC(=O)C1CCN(C=NC(=O)OCCNC(CC2CCCCC2)C(=O)NC2(C#N)CCN(C)CC2)CC1. The first kappa shape index (κ1) is 30.8. The molecule has 3 rings (SSSR count). The van der Waals surface area contributed by atoms with Crippen LogP contribution in [0.4, 0.5) is 4.79 Å². The van der Waals surface area contributed by atoms with Gasteiger partial charge in [0.25, 0.3) is 0 Å². The molecule has 1 aliphatic carbocycles. The maximum Gasteiger partial charge on any atom is 0.435 e. The third-order valence-corrected chi connectivity index (χ3v) is 8.22. The predicted octanol–water partition coefficient (Wildman–Crippen LogP) is 2.46. The third kappa shape index (κ3) is 10.1. The lowest BCUT2D eigenvalue weighted by Crippen LogP contribution is -2.58. The summed E-state index contributed by atoms with van der Waals surface area (Å²) in [5.74, 6) is 0.0550. The van der Waals surface area contributed by atoms with Crippen molar-refractivity contribution >= 4 is 24.3 Å². The van der Waals surface area contributed by atoms with Gasteiger partial charge in [-0.1, -0.05) is 32.1 Å². The summed E-state index contributed by atoms with van der Waals surface area (Å²) >= 11 is 0. The molecule has 3 fully saturated rings. The van der Waals surface area contributed by atoms with Gasteiger partial charge in [0.2, 0.25) is 5.91 Å². The summed E-state index contributed by atoms with van der Waals surface area (Å²) in [6.45, 7) is 5.38. The minimum Gasteiger partial charge on any atom is -0.466 e. The van der Waals surface area contributed by atoms with E-state index in [0.29, 0.717) is 64.3 Å². The van der Waals surface area contributed by atoms with Gasteiger partial charge in [0.15, 0.2) is 0 Å². The molecule has 1 unspecified atom stereocenters. The van der Waals surface area contributed by atoms with E-state index in [1.165, 1.54) is 25.6 Å². The van der Waals surface area contributed by atoms with E-state index in [9.17, 15) is 19.6 Å². The van der Waals surface area contributed by atoms with Crippen molar-refractivity contribution in [3.8, 4) is 6.07 Å². The molecule has 3 aliphatic rings. The summed E-state index contributed by atoms with van der Waals surface area (Å²) in [5, 5.41) is 16.2. The minimum absolute atomic E-state index is 0.0870. The highest BCUT2D eigenvalue weighted by Gasteiger charge is 2.37. The van der Waals surface area contributed by atoms with Crippen molar-refractivity contribution in [1.82, 2.24) is 20.4 Å². The van der Waals surface area contributed by atoms with Crippen LogP contribution in [0.5, 0.6) is 0 Å². The zero-order valence-corrected chi connectivity index (χ0v) is 23.7. The summed E-state index contributed by atoms with van der Waals surface area (Å²) in [5.41, 5.74) is -0.831. The number of amides is 2. The van der Waals surface area contributed by atoms with Crippen molar-refractivity contribution in [2.75, 3.05) is 53.0 Å². The zero-order chi connectivity index (χ0) is 28.1. The second-order valence-electron chi connectivity index (χ2n) is 11.2. The highest BCUT2D eigenvalue weighted by molar-refractivity contribution is 5.83. The van der Waals surface area contributed by atoms with E-state index >= 15 is 0 Å². The van der Waals surface area contributed by atoms with Gasteiger partial charge in [-0.05, 0) is 52.0 Å². The van der Waals surface area contributed by atoms with Crippen molar-refractivity contribution in [2.45, 2.75) is 82.7 Å². The molecule has 1 saturated carbocycles. The molecule has 11 nitrogen and oxygen atoms in total. The average Bonchev–Trinajstić information content (AvgIpc) is 2.95. The van der Waals surface area contributed by atoms with Gasteiger partial charge in [0.1, 0.15) is 12.1 Å². The van der Waals surface area contributed by atoms with E-state index in [2.05, 4.69) is 26.6 Å². The monoisotopic (exact) mass is 546 g/mol. The lowest BCUT2D eigenvalue weighted by Gasteiger charge is -2.37. The molecular weight excluding hydrogens is 500 g/mol. The van der Waals surface area contributed by atoms with Crippen LogP contribution in [-0.2, 0) is 19.1 Å². The summed E-state index contributed by atoms with van der Waals surface area (Å²) in [6, 6.07) is 1.92. The fourth-order valence-electron chi connectivity index (χ4n) is 5.68. The fraction of sp³-hybridized carbons (Fsp3) is 0.821. The topological polar surface area (TPSA) is 136 Å². The summed E-state index contributed by atoms with van der Waals surface area (Å²) < 4.78 is 10.3. The largest absolute Gasteiger partial charge is 0.466 e. The van der Waals surface area contributed by atoms with Gasteiger partial charge < -0.3 is 29.9 Å². The maximum atomic E-state index is 13.3. The van der Waals surface area contributed by atoms with Crippen LogP contribution in [-0.4, -0.2) is 98.7 Å².